The first kappa shape index (κ1) is 13.1. The van der Waals surface area contributed by atoms with Crippen molar-refractivity contribution in [2.24, 2.45) is 7.05 Å². The Morgan fingerprint density at radius 3 is 2.90 bits per heavy atom. The Labute approximate surface area is 122 Å². The van der Waals surface area contributed by atoms with Gasteiger partial charge in [0, 0.05) is 44.0 Å². The molecule has 1 N–H and O–H groups in total. The van der Waals surface area contributed by atoms with E-state index in [0.717, 1.165) is 28.8 Å². The highest BCUT2D eigenvalue weighted by molar-refractivity contribution is 5.93. The van der Waals surface area contributed by atoms with Crippen molar-refractivity contribution < 1.29 is 0 Å². The van der Waals surface area contributed by atoms with Gasteiger partial charge in [-0.1, -0.05) is 18.2 Å². The van der Waals surface area contributed by atoms with Crippen molar-refractivity contribution in [3.05, 3.63) is 54.2 Å². The van der Waals surface area contributed by atoms with E-state index in [0.29, 0.717) is 12.1 Å². The van der Waals surface area contributed by atoms with E-state index in [2.05, 4.69) is 21.4 Å². The van der Waals surface area contributed by atoms with E-state index >= 15 is 0 Å². The van der Waals surface area contributed by atoms with Crippen LogP contribution in [0.2, 0.25) is 0 Å². The molecule has 0 fully saturated rings. The van der Waals surface area contributed by atoms with Crippen molar-refractivity contribution in [1.82, 2.24) is 14.5 Å². The number of nitrogens with zero attached hydrogens (tertiary/aromatic N) is 4. The van der Waals surface area contributed by atoms with Gasteiger partial charge in [0.05, 0.1) is 16.8 Å². The molecule has 0 aliphatic heterocycles. The van der Waals surface area contributed by atoms with Crippen LogP contribution in [0.3, 0.4) is 0 Å². The highest BCUT2D eigenvalue weighted by atomic mass is 15.0. The highest BCUT2D eigenvalue weighted by Gasteiger charge is 2.08. The average Bonchev–Trinajstić information content (AvgIpc) is 2.93. The summed E-state index contributed by atoms with van der Waals surface area (Å²) in [7, 11) is 1.98. The molecule has 5 heteroatoms. The summed E-state index contributed by atoms with van der Waals surface area (Å²) in [6.45, 7) is 0.716. The van der Waals surface area contributed by atoms with Gasteiger partial charge in [-0.3, -0.25) is 4.98 Å². The number of para-hydroxylation sites is 1. The van der Waals surface area contributed by atoms with Crippen molar-refractivity contribution in [2.75, 3.05) is 11.9 Å². The largest absolute Gasteiger partial charge is 0.383 e. The van der Waals surface area contributed by atoms with Gasteiger partial charge >= 0.3 is 0 Å². The van der Waals surface area contributed by atoms with E-state index in [1.807, 2.05) is 42.1 Å². The predicted molar refractivity (Wildman–Crippen MR) is 81.9 cm³/mol. The van der Waals surface area contributed by atoms with Crippen LogP contribution in [0, 0.1) is 11.3 Å². The van der Waals surface area contributed by atoms with Crippen LogP contribution in [0.5, 0.6) is 0 Å². The normalized spacial score (nSPS) is 10.5. The molecule has 2 aromatic heterocycles. The molecule has 3 rings (SSSR count). The van der Waals surface area contributed by atoms with Gasteiger partial charge in [0.1, 0.15) is 11.9 Å². The van der Waals surface area contributed by atoms with Crippen LogP contribution in [-0.2, 0) is 13.5 Å². The topological polar surface area (TPSA) is 66.5 Å². The third kappa shape index (κ3) is 2.56. The first-order chi connectivity index (χ1) is 10.3. The Balaban J connectivity index is 1.86. The lowest BCUT2D eigenvalue weighted by Crippen LogP contribution is -2.10. The summed E-state index contributed by atoms with van der Waals surface area (Å²) in [6.07, 6.45) is 6.13. The second kappa shape index (κ2) is 5.63. The molecule has 0 atom stereocenters. The van der Waals surface area contributed by atoms with Crippen LogP contribution in [0.15, 0.2) is 42.9 Å². The Bertz CT molecular complexity index is 813. The molecule has 5 nitrogen and oxygen atoms in total. The molecule has 0 saturated carbocycles. The van der Waals surface area contributed by atoms with Gasteiger partial charge in [-0.2, -0.15) is 5.26 Å². The van der Waals surface area contributed by atoms with Gasteiger partial charge < -0.3 is 9.88 Å². The molecule has 2 heterocycles. The number of benzene rings is 1. The summed E-state index contributed by atoms with van der Waals surface area (Å²) in [5.41, 5.74) is 2.29. The quantitative estimate of drug-likeness (QED) is 0.795. The predicted octanol–water partition coefficient (Wildman–Crippen LogP) is 2.49. The zero-order chi connectivity index (χ0) is 14.7. The molecular formula is C16H15N5. The number of rotatable bonds is 4. The molecule has 0 aliphatic carbocycles. The number of aryl methyl sites for hydroxylation is 1. The number of imidazole rings is 1. The summed E-state index contributed by atoms with van der Waals surface area (Å²) < 4.78 is 2.00. The Kier molecular flexibility index (Phi) is 3.52. The van der Waals surface area contributed by atoms with Gasteiger partial charge in [0.15, 0.2) is 0 Å². The molecule has 0 spiro atoms. The van der Waals surface area contributed by atoms with Crippen LogP contribution in [-0.4, -0.2) is 21.1 Å². The number of nitriles is 1. The van der Waals surface area contributed by atoms with E-state index in [1.54, 1.807) is 12.4 Å². The van der Waals surface area contributed by atoms with Gasteiger partial charge in [-0.15, -0.1) is 0 Å². The zero-order valence-electron chi connectivity index (χ0n) is 11.7. The molecule has 0 aliphatic rings. The number of fused-ring (bicyclic) bond motifs is 1. The summed E-state index contributed by atoms with van der Waals surface area (Å²) in [4.78, 5) is 8.60. The third-order valence-corrected chi connectivity index (χ3v) is 3.47. The smallest absolute Gasteiger partial charge is 0.110 e. The molecule has 0 unspecified atom stereocenters. The van der Waals surface area contributed by atoms with Crippen LogP contribution < -0.4 is 5.32 Å². The lowest BCUT2D eigenvalue weighted by molar-refractivity contribution is 0.790. The van der Waals surface area contributed by atoms with Crippen molar-refractivity contribution in [1.29, 1.82) is 5.26 Å². The fraction of sp³-hybridized carbons (Fsp3) is 0.188. The number of pyridine rings is 1. The number of nitrogens with one attached hydrogen (secondary N) is 1. The number of anilines is 1. The van der Waals surface area contributed by atoms with Gasteiger partial charge in [-0.05, 0) is 6.07 Å². The van der Waals surface area contributed by atoms with E-state index in [9.17, 15) is 5.26 Å². The van der Waals surface area contributed by atoms with E-state index < -0.39 is 0 Å². The second-order valence-electron chi connectivity index (χ2n) is 4.81. The Hall–Kier alpha value is -2.87. The molecule has 21 heavy (non-hydrogen) atoms. The summed E-state index contributed by atoms with van der Waals surface area (Å²) in [5.74, 6) is 1.01. The van der Waals surface area contributed by atoms with Gasteiger partial charge in [-0.25, -0.2) is 4.98 Å². The summed E-state index contributed by atoms with van der Waals surface area (Å²) in [5, 5.41) is 13.6. The minimum atomic E-state index is 0.563. The Morgan fingerprint density at radius 2 is 2.14 bits per heavy atom. The van der Waals surface area contributed by atoms with Crippen LogP contribution in [0.25, 0.3) is 10.9 Å². The summed E-state index contributed by atoms with van der Waals surface area (Å²) in [6, 6.07) is 10.0. The lowest BCUT2D eigenvalue weighted by Gasteiger charge is -2.11. The molecule has 0 radical (unpaired) electrons. The second-order valence-corrected chi connectivity index (χ2v) is 4.81. The maximum Gasteiger partial charge on any atom is 0.110 e. The van der Waals surface area contributed by atoms with E-state index in [-0.39, 0.29) is 0 Å². The fourth-order valence-electron chi connectivity index (χ4n) is 2.35. The standard InChI is InChI=1S/C16H15N5/c1-21-9-8-18-15(21)6-7-19-16-12(10-17)11-20-14-5-3-2-4-13(14)16/h2-5,8-9,11H,6-7H2,1H3,(H,19,20). The van der Waals surface area contributed by atoms with Crippen molar-refractivity contribution in [3.63, 3.8) is 0 Å². The first-order valence-corrected chi connectivity index (χ1v) is 6.77. The molecule has 0 amide bonds. The third-order valence-electron chi connectivity index (χ3n) is 3.47. The minimum Gasteiger partial charge on any atom is -0.383 e. The Morgan fingerprint density at radius 1 is 1.29 bits per heavy atom. The van der Waals surface area contributed by atoms with Crippen LogP contribution in [0.1, 0.15) is 11.4 Å². The van der Waals surface area contributed by atoms with E-state index in [1.165, 1.54) is 0 Å². The maximum absolute atomic E-state index is 9.26. The number of hydrogen-bond donors (Lipinski definition) is 1. The molecule has 0 bridgehead atoms. The van der Waals surface area contributed by atoms with Gasteiger partial charge in [0.25, 0.3) is 0 Å². The fourth-order valence-corrected chi connectivity index (χ4v) is 2.35. The molecule has 104 valence electrons. The lowest BCUT2D eigenvalue weighted by atomic mass is 10.1. The number of aromatic nitrogens is 3. The zero-order valence-corrected chi connectivity index (χ0v) is 11.7. The van der Waals surface area contributed by atoms with E-state index in [4.69, 9.17) is 0 Å². The SMILES string of the molecule is Cn1ccnc1CCNc1c(C#N)cnc2ccccc12. The average molecular weight is 277 g/mol. The first-order valence-electron chi connectivity index (χ1n) is 6.77. The van der Waals surface area contributed by atoms with Crippen molar-refractivity contribution in [2.45, 2.75) is 6.42 Å². The van der Waals surface area contributed by atoms with Crippen LogP contribution >= 0.6 is 0 Å². The highest BCUT2D eigenvalue weighted by Crippen LogP contribution is 2.25. The monoisotopic (exact) mass is 277 g/mol. The van der Waals surface area contributed by atoms with Crippen LogP contribution in [0.4, 0.5) is 5.69 Å². The molecular weight excluding hydrogens is 262 g/mol. The maximum atomic E-state index is 9.26. The molecule has 3 aromatic rings. The minimum absolute atomic E-state index is 0.563. The van der Waals surface area contributed by atoms with Crippen molar-refractivity contribution in [3.8, 4) is 6.07 Å². The van der Waals surface area contributed by atoms with Gasteiger partial charge in [0.2, 0.25) is 0 Å². The molecule has 0 saturated heterocycles. The molecule has 1 aromatic carbocycles. The summed E-state index contributed by atoms with van der Waals surface area (Å²) >= 11 is 0. The van der Waals surface area contributed by atoms with Crippen molar-refractivity contribution >= 4 is 16.6 Å². The number of hydrogen-bond acceptors (Lipinski definition) is 4.